The molecule has 1 fully saturated rings. The van der Waals surface area contributed by atoms with Crippen LogP contribution in [-0.2, 0) is 0 Å². The molecule has 0 spiro atoms. The molecule has 0 aliphatic carbocycles. The number of aromatic amines is 1. The summed E-state index contributed by atoms with van der Waals surface area (Å²) >= 11 is 0. The molecule has 3 rings (SSSR count). The highest BCUT2D eigenvalue weighted by Gasteiger charge is 2.38. The van der Waals surface area contributed by atoms with Crippen molar-refractivity contribution in [1.82, 2.24) is 20.1 Å². The monoisotopic (exact) mass is 408 g/mol. The molecule has 0 radical (unpaired) electrons. The van der Waals surface area contributed by atoms with Gasteiger partial charge in [0.15, 0.2) is 5.65 Å². The maximum Gasteiger partial charge on any atom is 0.418 e. The molecule has 2 aromatic heterocycles. The van der Waals surface area contributed by atoms with Crippen LogP contribution in [0.1, 0.15) is 32.4 Å². The van der Waals surface area contributed by atoms with Crippen LogP contribution in [0.5, 0.6) is 0 Å². The topological polar surface area (TPSA) is 83.2 Å². The number of allylic oxidation sites excluding steroid dienone is 1. The van der Waals surface area contributed by atoms with E-state index in [9.17, 15) is 13.2 Å². The first-order valence-electron chi connectivity index (χ1n) is 9.66. The first-order chi connectivity index (χ1) is 13.6. The smallest absolute Gasteiger partial charge is 0.325 e. The van der Waals surface area contributed by atoms with Gasteiger partial charge in [-0.1, -0.05) is 6.08 Å². The Labute approximate surface area is 168 Å². The minimum absolute atomic E-state index is 0.157. The number of aromatic nitrogens is 3. The number of rotatable bonds is 6. The zero-order valence-electron chi connectivity index (χ0n) is 16.9. The Morgan fingerprint density at radius 2 is 2.17 bits per heavy atom. The van der Waals surface area contributed by atoms with E-state index in [4.69, 9.17) is 5.73 Å². The summed E-state index contributed by atoms with van der Waals surface area (Å²) in [4.78, 5) is 10.2. The minimum atomic E-state index is -4.53. The number of H-pyrrole nitrogens is 1. The quantitative estimate of drug-likeness (QED) is 0.719. The van der Waals surface area contributed by atoms with E-state index < -0.39 is 11.7 Å². The number of hydrogen-bond donors (Lipinski definition) is 2. The van der Waals surface area contributed by atoms with E-state index in [0.717, 1.165) is 19.5 Å². The lowest BCUT2D eigenvalue weighted by Crippen LogP contribution is -2.42. The van der Waals surface area contributed by atoms with Crippen LogP contribution in [0.15, 0.2) is 35.0 Å². The van der Waals surface area contributed by atoms with Crippen LogP contribution < -0.4 is 5.73 Å². The standard InChI is InChI=1S/C20H27F3N6/c1-19(2,24)13-8-11-29(12-13)10-5-7-15(20(21,22)23)17(25-3)16-14-6-4-9-26-18(14)28-27-16/h4,6-7,9,13H,5,8,10-12,24H2,1-3H3,(H,26,27,28)/b15-7+,25-17?. The zero-order chi connectivity index (χ0) is 21.2. The van der Waals surface area contributed by atoms with E-state index >= 15 is 0 Å². The number of nitrogens with one attached hydrogen (secondary N) is 1. The SMILES string of the molecule is CN=C(/C(=C\CCN1CCC(C(C)(C)N)C1)C(F)(F)F)c1[nH]nc2ncccc12. The van der Waals surface area contributed by atoms with Gasteiger partial charge in [0.1, 0.15) is 0 Å². The minimum Gasteiger partial charge on any atom is -0.325 e. The molecule has 6 nitrogen and oxygen atoms in total. The molecule has 0 bridgehead atoms. The van der Waals surface area contributed by atoms with E-state index in [0.29, 0.717) is 23.5 Å². The number of likely N-dealkylation sites (tertiary alicyclic amines) is 1. The fourth-order valence-electron chi connectivity index (χ4n) is 3.78. The average molecular weight is 408 g/mol. The van der Waals surface area contributed by atoms with Crippen LogP contribution in [0, 0.1) is 5.92 Å². The third-order valence-corrected chi connectivity index (χ3v) is 5.47. The van der Waals surface area contributed by atoms with Crippen molar-refractivity contribution in [2.45, 2.75) is 38.4 Å². The summed E-state index contributed by atoms with van der Waals surface area (Å²) < 4.78 is 41.5. The molecule has 1 aliphatic heterocycles. The van der Waals surface area contributed by atoms with Gasteiger partial charge in [0.05, 0.1) is 17.0 Å². The van der Waals surface area contributed by atoms with Crippen LogP contribution >= 0.6 is 0 Å². The van der Waals surface area contributed by atoms with Crippen molar-refractivity contribution in [3.8, 4) is 0 Å². The van der Waals surface area contributed by atoms with Crippen molar-refractivity contribution in [3.05, 3.63) is 35.7 Å². The average Bonchev–Trinajstić information content (AvgIpc) is 3.27. The molecule has 0 amide bonds. The summed E-state index contributed by atoms with van der Waals surface area (Å²) in [6, 6.07) is 3.34. The van der Waals surface area contributed by atoms with Gasteiger partial charge in [0.25, 0.3) is 0 Å². The number of fused-ring (bicyclic) bond motifs is 1. The largest absolute Gasteiger partial charge is 0.418 e. The second-order valence-corrected chi connectivity index (χ2v) is 8.06. The van der Waals surface area contributed by atoms with Crippen LogP contribution in [0.25, 0.3) is 11.0 Å². The van der Waals surface area contributed by atoms with E-state index in [1.54, 1.807) is 18.3 Å². The summed E-state index contributed by atoms with van der Waals surface area (Å²) in [7, 11) is 1.35. The van der Waals surface area contributed by atoms with Crippen LogP contribution in [0.2, 0.25) is 0 Å². The number of nitrogens with two attached hydrogens (primary N) is 1. The molecule has 158 valence electrons. The summed E-state index contributed by atoms with van der Waals surface area (Å²) in [5.41, 5.74) is 5.57. The number of nitrogens with zero attached hydrogens (tertiary/aromatic N) is 4. The summed E-state index contributed by atoms with van der Waals surface area (Å²) in [5, 5.41) is 7.17. The number of hydrogen-bond acceptors (Lipinski definition) is 5. The fraction of sp³-hybridized carbons (Fsp3) is 0.550. The van der Waals surface area contributed by atoms with E-state index in [2.05, 4.69) is 25.1 Å². The third kappa shape index (κ3) is 4.84. The molecular formula is C20H27F3N6. The zero-order valence-corrected chi connectivity index (χ0v) is 16.9. The number of alkyl halides is 3. The number of pyridine rings is 1. The maximum atomic E-state index is 13.8. The van der Waals surface area contributed by atoms with Crippen molar-refractivity contribution in [1.29, 1.82) is 0 Å². The lowest BCUT2D eigenvalue weighted by atomic mass is 9.88. The Hall–Kier alpha value is -2.26. The molecule has 1 aliphatic rings. The molecule has 29 heavy (non-hydrogen) atoms. The van der Waals surface area contributed by atoms with Crippen molar-refractivity contribution in [3.63, 3.8) is 0 Å². The highest BCUT2D eigenvalue weighted by atomic mass is 19.4. The molecular weight excluding hydrogens is 381 g/mol. The number of aliphatic imine (C=N–C) groups is 1. The Morgan fingerprint density at radius 3 is 2.79 bits per heavy atom. The molecule has 2 aromatic rings. The van der Waals surface area contributed by atoms with Gasteiger partial charge in [-0.15, -0.1) is 0 Å². The molecule has 9 heteroatoms. The Kier molecular flexibility index (Phi) is 6.09. The Bertz CT molecular complexity index is 907. The van der Waals surface area contributed by atoms with E-state index in [1.807, 2.05) is 13.8 Å². The van der Waals surface area contributed by atoms with Gasteiger partial charge in [0.2, 0.25) is 0 Å². The second-order valence-electron chi connectivity index (χ2n) is 8.06. The predicted octanol–water partition coefficient (Wildman–Crippen LogP) is 3.31. The predicted molar refractivity (Wildman–Crippen MR) is 108 cm³/mol. The highest BCUT2D eigenvalue weighted by molar-refractivity contribution is 6.18. The molecule has 1 saturated heterocycles. The van der Waals surface area contributed by atoms with Crippen molar-refractivity contribution in [2.75, 3.05) is 26.7 Å². The number of halogens is 3. The van der Waals surface area contributed by atoms with Gasteiger partial charge in [-0.3, -0.25) is 10.1 Å². The first kappa shape index (κ1) is 21.4. The van der Waals surface area contributed by atoms with Gasteiger partial charge in [-0.2, -0.15) is 18.3 Å². The van der Waals surface area contributed by atoms with Gasteiger partial charge in [-0.25, -0.2) is 4.98 Å². The maximum absolute atomic E-state index is 13.8. The Balaban J connectivity index is 1.79. The molecule has 0 aromatic carbocycles. The first-order valence-corrected chi connectivity index (χ1v) is 9.66. The van der Waals surface area contributed by atoms with Crippen molar-refractivity contribution >= 4 is 16.7 Å². The van der Waals surface area contributed by atoms with Gasteiger partial charge >= 0.3 is 6.18 Å². The normalized spacial score (nSPS) is 20.0. The van der Waals surface area contributed by atoms with E-state index in [1.165, 1.54) is 13.1 Å². The van der Waals surface area contributed by atoms with Gasteiger partial charge in [0, 0.05) is 37.3 Å². The second kappa shape index (κ2) is 8.23. The lowest BCUT2D eigenvalue weighted by Gasteiger charge is -2.27. The molecule has 1 unspecified atom stereocenters. The summed E-state index contributed by atoms with van der Waals surface area (Å²) in [6.07, 6.45) is -0.514. The van der Waals surface area contributed by atoms with Crippen molar-refractivity contribution < 1.29 is 13.2 Å². The summed E-state index contributed by atoms with van der Waals surface area (Å²) in [6.45, 7) is 6.21. The fourth-order valence-corrected chi connectivity index (χ4v) is 3.78. The summed E-state index contributed by atoms with van der Waals surface area (Å²) in [5.74, 6) is 0.352. The van der Waals surface area contributed by atoms with Crippen molar-refractivity contribution in [2.24, 2.45) is 16.6 Å². The van der Waals surface area contributed by atoms with E-state index in [-0.39, 0.29) is 23.4 Å². The van der Waals surface area contributed by atoms with Crippen LogP contribution in [0.4, 0.5) is 13.2 Å². The highest BCUT2D eigenvalue weighted by Crippen LogP contribution is 2.31. The lowest BCUT2D eigenvalue weighted by molar-refractivity contribution is -0.0862. The van der Waals surface area contributed by atoms with Crippen LogP contribution in [-0.4, -0.2) is 64.2 Å². The Morgan fingerprint density at radius 1 is 1.41 bits per heavy atom. The van der Waals surface area contributed by atoms with Gasteiger partial charge < -0.3 is 10.6 Å². The molecule has 3 heterocycles. The van der Waals surface area contributed by atoms with Crippen LogP contribution in [0.3, 0.4) is 0 Å². The third-order valence-electron chi connectivity index (χ3n) is 5.47. The molecule has 3 N–H and O–H groups in total. The van der Waals surface area contributed by atoms with Gasteiger partial charge in [-0.05, 0) is 51.3 Å². The molecule has 0 saturated carbocycles. The molecule has 1 atom stereocenters.